The first-order chi connectivity index (χ1) is 8.06. The van der Waals surface area contributed by atoms with Crippen LogP contribution in [0.25, 0.3) is 0 Å². The van der Waals surface area contributed by atoms with Gasteiger partial charge in [-0.1, -0.05) is 12.1 Å². The van der Waals surface area contributed by atoms with E-state index in [1.165, 1.54) is 6.07 Å². The lowest BCUT2D eigenvalue weighted by atomic mass is 10.2. The van der Waals surface area contributed by atoms with E-state index >= 15 is 0 Å². The number of benzene rings is 1. The van der Waals surface area contributed by atoms with E-state index in [4.69, 9.17) is 4.74 Å². The summed E-state index contributed by atoms with van der Waals surface area (Å²) >= 11 is 3.29. The molecule has 0 bridgehead atoms. The van der Waals surface area contributed by atoms with Crippen molar-refractivity contribution in [1.29, 1.82) is 0 Å². The molecule has 1 rings (SSSR count). The van der Waals surface area contributed by atoms with E-state index in [1.807, 2.05) is 6.07 Å². The van der Waals surface area contributed by atoms with Gasteiger partial charge in [0.1, 0.15) is 5.82 Å². The molecule has 0 saturated heterocycles. The summed E-state index contributed by atoms with van der Waals surface area (Å²) in [4.78, 5) is 2.25. The van der Waals surface area contributed by atoms with E-state index in [0.717, 1.165) is 18.7 Å². The molecule has 0 saturated carbocycles. The number of halogens is 2. The van der Waals surface area contributed by atoms with E-state index in [2.05, 4.69) is 34.7 Å². The maximum Gasteiger partial charge on any atom is 0.137 e. The second kappa shape index (κ2) is 7.09. The second-order valence-electron chi connectivity index (χ2n) is 4.27. The zero-order valence-electron chi connectivity index (χ0n) is 10.5. The third-order valence-electron chi connectivity index (χ3n) is 2.72. The third-order valence-corrected chi connectivity index (χ3v) is 3.61. The van der Waals surface area contributed by atoms with Gasteiger partial charge in [-0.3, -0.25) is 4.90 Å². The SMILES string of the molecule is COCCN(Cc1cccc(F)c1Br)C(C)C. The molecular weight excluding hydrogens is 285 g/mol. The molecule has 0 radical (unpaired) electrons. The van der Waals surface area contributed by atoms with Gasteiger partial charge in [-0.2, -0.15) is 0 Å². The van der Waals surface area contributed by atoms with Gasteiger partial charge in [-0.25, -0.2) is 4.39 Å². The monoisotopic (exact) mass is 303 g/mol. The lowest BCUT2D eigenvalue weighted by Crippen LogP contribution is -2.33. The van der Waals surface area contributed by atoms with Crippen molar-refractivity contribution in [2.75, 3.05) is 20.3 Å². The van der Waals surface area contributed by atoms with E-state index in [-0.39, 0.29) is 5.82 Å². The molecule has 0 atom stereocenters. The van der Waals surface area contributed by atoms with E-state index < -0.39 is 0 Å². The highest BCUT2D eigenvalue weighted by atomic mass is 79.9. The van der Waals surface area contributed by atoms with Gasteiger partial charge in [-0.05, 0) is 41.4 Å². The van der Waals surface area contributed by atoms with Crippen molar-refractivity contribution in [2.24, 2.45) is 0 Å². The fourth-order valence-electron chi connectivity index (χ4n) is 1.62. The number of rotatable bonds is 6. The largest absolute Gasteiger partial charge is 0.383 e. The van der Waals surface area contributed by atoms with Crippen LogP contribution in [0.1, 0.15) is 19.4 Å². The molecule has 2 nitrogen and oxygen atoms in total. The highest BCUT2D eigenvalue weighted by Crippen LogP contribution is 2.22. The lowest BCUT2D eigenvalue weighted by Gasteiger charge is -2.26. The molecular formula is C13H19BrFNO. The summed E-state index contributed by atoms with van der Waals surface area (Å²) in [6.07, 6.45) is 0. The standard InChI is InChI=1S/C13H19BrFNO/c1-10(2)16(7-8-17-3)9-11-5-4-6-12(15)13(11)14/h4-6,10H,7-9H2,1-3H3. The van der Waals surface area contributed by atoms with Gasteiger partial charge in [0.05, 0.1) is 11.1 Å². The van der Waals surface area contributed by atoms with Crippen LogP contribution in [0, 0.1) is 5.82 Å². The van der Waals surface area contributed by atoms with Gasteiger partial charge < -0.3 is 4.74 Å². The minimum Gasteiger partial charge on any atom is -0.383 e. The molecule has 17 heavy (non-hydrogen) atoms. The zero-order valence-corrected chi connectivity index (χ0v) is 12.1. The first kappa shape index (κ1) is 14.6. The molecule has 1 aromatic rings. The van der Waals surface area contributed by atoms with Crippen LogP contribution >= 0.6 is 15.9 Å². The van der Waals surface area contributed by atoms with Crippen LogP contribution in [0.3, 0.4) is 0 Å². The summed E-state index contributed by atoms with van der Waals surface area (Å²) < 4.78 is 19.0. The Morgan fingerprint density at radius 3 is 2.71 bits per heavy atom. The molecule has 96 valence electrons. The number of ether oxygens (including phenoxy) is 1. The van der Waals surface area contributed by atoms with Crippen molar-refractivity contribution in [1.82, 2.24) is 4.90 Å². The van der Waals surface area contributed by atoms with E-state index in [0.29, 0.717) is 17.1 Å². The first-order valence-electron chi connectivity index (χ1n) is 5.72. The van der Waals surface area contributed by atoms with E-state index in [1.54, 1.807) is 13.2 Å². The Morgan fingerprint density at radius 2 is 2.12 bits per heavy atom. The maximum absolute atomic E-state index is 13.4. The first-order valence-corrected chi connectivity index (χ1v) is 6.51. The Hall–Kier alpha value is -0.450. The van der Waals surface area contributed by atoms with Crippen molar-refractivity contribution in [2.45, 2.75) is 26.4 Å². The molecule has 0 fully saturated rings. The van der Waals surface area contributed by atoms with Gasteiger partial charge in [0.15, 0.2) is 0 Å². The molecule has 0 aromatic heterocycles. The molecule has 0 N–H and O–H groups in total. The number of hydrogen-bond donors (Lipinski definition) is 0. The summed E-state index contributed by atoms with van der Waals surface area (Å²) in [6, 6.07) is 5.54. The summed E-state index contributed by atoms with van der Waals surface area (Å²) in [7, 11) is 1.69. The topological polar surface area (TPSA) is 12.5 Å². The average molecular weight is 304 g/mol. The zero-order chi connectivity index (χ0) is 12.8. The van der Waals surface area contributed by atoms with Crippen molar-refractivity contribution >= 4 is 15.9 Å². The number of nitrogens with zero attached hydrogens (tertiary/aromatic N) is 1. The quantitative estimate of drug-likeness (QED) is 0.798. The lowest BCUT2D eigenvalue weighted by molar-refractivity contribution is 0.124. The van der Waals surface area contributed by atoms with Crippen LogP contribution in [-0.4, -0.2) is 31.2 Å². The van der Waals surface area contributed by atoms with Crippen LogP contribution < -0.4 is 0 Å². The predicted molar refractivity (Wildman–Crippen MR) is 71.5 cm³/mol. The normalized spacial score (nSPS) is 11.5. The minimum atomic E-state index is -0.210. The summed E-state index contributed by atoms with van der Waals surface area (Å²) in [5.74, 6) is -0.210. The Bertz CT molecular complexity index is 357. The Morgan fingerprint density at radius 1 is 1.41 bits per heavy atom. The molecule has 0 heterocycles. The highest BCUT2D eigenvalue weighted by molar-refractivity contribution is 9.10. The minimum absolute atomic E-state index is 0.210. The predicted octanol–water partition coefficient (Wildman–Crippen LogP) is 3.45. The van der Waals surface area contributed by atoms with Crippen LogP contribution in [-0.2, 0) is 11.3 Å². The Balaban J connectivity index is 2.75. The van der Waals surface area contributed by atoms with Crippen LogP contribution in [0.15, 0.2) is 22.7 Å². The summed E-state index contributed by atoms with van der Waals surface area (Å²) in [5, 5.41) is 0. The summed E-state index contributed by atoms with van der Waals surface area (Å²) in [5.41, 5.74) is 0.967. The van der Waals surface area contributed by atoms with Gasteiger partial charge in [0.25, 0.3) is 0 Å². The van der Waals surface area contributed by atoms with Crippen LogP contribution in [0.2, 0.25) is 0 Å². The van der Waals surface area contributed by atoms with Crippen molar-refractivity contribution in [3.05, 3.63) is 34.1 Å². The number of methoxy groups -OCH3 is 1. The van der Waals surface area contributed by atoms with Crippen molar-refractivity contribution in [3.63, 3.8) is 0 Å². The molecule has 0 amide bonds. The fourth-order valence-corrected chi connectivity index (χ4v) is 2.01. The van der Waals surface area contributed by atoms with Crippen molar-refractivity contribution < 1.29 is 9.13 Å². The molecule has 0 aliphatic carbocycles. The van der Waals surface area contributed by atoms with Gasteiger partial charge >= 0.3 is 0 Å². The molecule has 0 aliphatic heterocycles. The highest BCUT2D eigenvalue weighted by Gasteiger charge is 2.13. The maximum atomic E-state index is 13.4. The van der Waals surface area contributed by atoms with E-state index in [9.17, 15) is 4.39 Å². The fraction of sp³-hybridized carbons (Fsp3) is 0.538. The number of hydrogen-bond acceptors (Lipinski definition) is 2. The smallest absolute Gasteiger partial charge is 0.137 e. The molecule has 1 aromatic carbocycles. The molecule has 4 heteroatoms. The second-order valence-corrected chi connectivity index (χ2v) is 5.06. The van der Waals surface area contributed by atoms with Gasteiger partial charge in [0, 0.05) is 26.2 Å². The van der Waals surface area contributed by atoms with Gasteiger partial charge in [-0.15, -0.1) is 0 Å². The molecule has 0 unspecified atom stereocenters. The third kappa shape index (κ3) is 4.37. The Labute approximate surface area is 111 Å². The summed E-state index contributed by atoms with van der Waals surface area (Å²) in [6.45, 7) is 6.51. The molecule has 0 aliphatic rings. The van der Waals surface area contributed by atoms with Crippen LogP contribution in [0.5, 0.6) is 0 Å². The average Bonchev–Trinajstić information content (AvgIpc) is 2.29. The Kier molecular flexibility index (Phi) is 6.09. The van der Waals surface area contributed by atoms with Gasteiger partial charge in [0.2, 0.25) is 0 Å². The van der Waals surface area contributed by atoms with Crippen LogP contribution in [0.4, 0.5) is 4.39 Å². The van der Waals surface area contributed by atoms with Crippen molar-refractivity contribution in [3.8, 4) is 0 Å². The molecule has 0 spiro atoms.